The first-order valence-electron chi connectivity index (χ1n) is 8.75. The second-order valence-electron chi connectivity index (χ2n) is 7.31. The largest absolute Gasteiger partial charge is 0.469 e. The maximum absolute atomic E-state index is 12.5. The van der Waals surface area contributed by atoms with Gasteiger partial charge in [0.1, 0.15) is 0 Å². The first kappa shape index (κ1) is 21.2. The third kappa shape index (κ3) is 4.22. The summed E-state index contributed by atoms with van der Waals surface area (Å²) in [5, 5.41) is 15.2. The molecule has 0 aliphatic carbocycles. The highest BCUT2D eigenvalue weighted by atomic mass is 16.5. The van der Waals surface area contributed by atoms with Gasteiger partial charge in [-0.25, -0.2) is 0 Å². The van der Waals surface area contributed by atoms with Crippen LogP contribution in [-0.4, -0.2) is 44.0 Å². The summed E-state index contributed by atoms with van der Waals surface area (Å²) in [6.07, 6.45) is -0.0130. The number of carbonyl (C=O) groups is 4. The SMILES string of the molecule is COC(=O)CCC1=C(CC(=O)OC)/C(=C(\C#N)C2NC(=O)CC2(C)C)NC1=O. The normalized spacial score (nSPS) is 22.3. The van der Waals surface area contributed by atoms with Crippen molar-refractivity contribution in [3.63, 3.8) is 0 Å². The van der Waals surface area contributed by atoms with Gasteiger partial charge in [-0.15, -0.1) is 0 Å². The van der Waals surface area contributed by atoms with E-state index < -0.39 is 29.3 Å². The van der Waals surface area contributed by atoms with Crippen LogP contribution in [0.5, 0.6) is 0 Å². The average molecular weight is 389 g/mol. The Morgan fingerprint density at radius 3 is 2.32 bits per heavy atom. The summed E-state index contributed by atoms with van der Waals surface area (Å²) >= 11 is 0. The standard InChI is InChI=1S/C19H23N3O6/c1-19(2)8-13(23)21-17(19)12(9-20)16-11(7-15(25)28-4)10(18(26)22-16)5-6-14(24)27-3/h17H,5-8H2,1-4H3,(H,21,23)(H,22,26)/b16-12-. The second-order valence-corrected chi connectivity index (χ2v) is 7.31. The Labute approximate surface area is 162 Å². The molecule has 9 nitrogen and oxygen atoms in total. The van der Waals surface area contributed by atoms with Gasteiger partial charge in [0, 0.05) is 18.4 Å². The van der Waals surface area contributed by atoms with Gasteiger partial charge in [-0.3, -0.25) is 19.2 Å². The molecule has 1 atom stereocenters. The topological polar surface area (TPSA) is 135 Å². The zero-order valence-electron chi connectivity index (χ0n) is 16.3. The van der Waals surface area contributed by atoms with Crippen molar-refractivity contribution in [3.8, 4) is 6.07 Å². The highest BCUT2D eigenvalue weighted by Gasteiger charge is 2.44. The minimum Gasteiger partial charge on any atom is -0.469 e. The van der Waals surface area contributed by atoms with Gasteiger partial charge in [-0.2, -0.15) is 5.26 Å². The summed E-state index contributed by atoms with van der Waals surface area (Å²) in [6, 6.07) is 1.46. The number of nitrogens with one attached hydrogen (secondary N) is 2. The number of esters is 2. The first-order chi connectivity index (χ1) is 13.1. The molecule has 1 saturated heterocycles. The first-order valence-corrected chi connectivity index (χ1v) is 8.75. The zero-order valence-corrected chi connectivity index (χ0v) is 16.3. The molecule has 2 rings (SSSR count). The second kappa shape index (κ2) is 8.25. The summed E-state index contributed by atoms with van der Waals surface area (Å²) in [5.74, 6) is -1.78. The van der Waals surface area contributed by atoms with Gasteiger partial charge in [0.25, 0.3) is 5.91 Å². The van der Waals surface area contributed by atoms with Crippen LogP contribution in [0.1, 0.15) is 39.5 Å². The average Bonchev–Trinajstić information content (AvgIpc) is 3.08. The van der Waals surface area contributed by atoms with Gasteiger partial charge in [-0.05, 0) is 17.4 Å². The lowest BCUT2D eigenvalue weighted by Gasteiger charge is -2.26. The number of nitrogens with zero attached hydrogens (tertiary/aromatic N) is 1. The van der Waals surface area contributed by atoms with Crippen molar-refractivity contribution < 1.29 is 28.7 Å². The van der Waals surface area contributed by atoms with Crippen LogP contribution in [0.25, 0.3) is 0 Å². The number of nitriles is 1. The molecular formula is C19H23N3O6. The molecule has 0 aromatic carbocycles. The molecule has 0 bridgehead atoms. The van der Waals surface area contributed by atoms with Gasteiger partial charge in [0.2, 0.25) is 5.91 Å². The number of carbonyl (C=O) groups excluding carboxylic acids is 4. The predicted octanol–water partition coefficient (Wildman–Crippen LogP) is 0.621. The van der Waals surface area contributed by atoms with E-state index in [0.717, 1.165) is 0 Å². The van der Waals surface area contributed by atoms with E-state index in [1.165, 1.54) is 14.2 Å². The van der Waals surface area contributed by atoms with Crippen LogP contribution in [-0.2, 0) is 28.7 Å². The Balaban J connectivity index is 2.54. The van der Waals surface area contributed by atoms with Gasteiger partial charge < -0.3 is 20.1 Å². The zero-order chi connectivity index (χ0) is 21.1. The quantitative estimate of drug-likeness (QED) is 0.502. The molecule has 2 amide bonds. The molecule has 0 aromatic rings. The van der Waals surface area contributed by atoms with Crippen molar-refractivity contribution in [2.45, 2.75) is 45.6 Å². The van der Waals surface area contributed by atoms with E-state index in [9.17, 15) is 24.4 Å². The summed E-state index contributed by atoms with van der Waals surface area (Å²) in [5.41, 5.74) is 0.328. The number of amides is 2. The number of methoxy groups -OCH3 is 2. The van der Waals surface area contributed by atoms with Gasteiger partial charge >= 0.3 is 11.9 Å². The molecule has 2 aliphatic rings. The molecule has 0 aromatic heterocycles. The minimum absolute atomic E-state index is 0.0491. The Kier molecular flexibility index (Phi) is 6.23. The fraction of sp³-hybridized carbons (Fsp3) is 0.526. The maximum atomic E-state index is 12.5. The molecule has 9 heteroatoms. The Morgan fingerprint density at radius 2 is 1.82 bits per heavy atom. The van der Waals surface area contributed by atoms with Crippen molar-refractivity contribution in [3.05, 3.63) is 22.4 Å². The minimum atomic E-state index is -0.618. The van der Waals surface area contributed by atoms with Crippen LogP contribution in [0.2, 0.25) is 0 Å². The highest BCUT2D eigenvalue weighted by Crippen LogP contribution is 2.38. The van der Waals surface area contributed by atoms with E-state index in [-0.39, 0.29) is 48.4 Å². The lowest BCUT2D eigenvalue weighted by Crippen LogP contribution is -2.37. The van der Waals surface area contributed by atoms with E-state index in [0.29, 0.717) is 5.57 Å². The summed E-state index contributed by atoms with van der Waals surface area (Å²) in [6.45, 7) is 3.68. The molecule has 0 spiro atoms. The number of allylic oxidation sites excluding steroid dienone is 1. The molecular weight excluding hydrogens is 366 g/mol. The third-order valence-corrected chi connectivity index (χ3v) is 4.92. The van der Waals surface area contributed by atoms with Crippen LogP contribution in [0.3, 0.4) is 0 Å². The molecule has 1 fully saturated rings. The van der Waals surface area contributed by atoms with Gasteiger partial charge in [-0.1, -0.05) is 13.8 Å². The molecule has 0 radical (unpaired) electrons. The lowest BCUT2D eigenvalue weighted by molar-refractivity contribution is -0.141. The Hall–Kier alpha value is -3.15. The van der Waals surface area contributed by atoms with Crippen LogP contribution >= 0.6 is 0 Å². The Morgan fingerprint density at radius 1 is 1.18 bits per heavy atom. The predicted molar refractivity (Wildman–Crippen MR) is 96.0 cm³/mol. The van der Waals surface area contributed by atoms with Crippen LogP contribution < -0.4 is 10.6 Å². The van der Waals surface area contributed by atoms with Crippen LogP contribution in [0.4, 0.5) is 0 Å². The molecule has 28 heavy (non-hydrogen) atoms. The van der Waals surface area contributed by atoms with Crippen molar-refractivity contribution in [1.29, 1.82) is 5.26 Å². The smallest absolute Gasteiger partial charge is 0.310 e. The summed E-state index contributed by atoms with van der Waals surface area (Å²) in [4.78, 5) is 47.8. The van der Waals surface area contributed by atoms with E-state index in [2.05, 4.69) is 21.4 Å². The fourth-order valence-electron chi connectivity index (χ4n) is 3.44. The van der Waals surface area contributed by atoms with E-state index in [1.54, 1.807) is 0 Å². The summed E-state index contributed by atoms with van der Waals surface area (Å²) < 4.78 is 9.31. The number of ether oxygens (including phenoxy) is 2. The number of hydrogen-bond acceptors (Lipinski definition) is 7. The molecule has 2 aliphatic heterocycles. The molecule has 1 unspecified atom stereocenters. The molecule has 0 saturated carbocycles. The van der Waals surface area contributed by atoms with Gasteiger partial charge in [0.05, 0.1) is 44.0 Å². The van der Waals surface area contributed by atoms with Gasteiger partial charge in [0.15, 0.2) is 0 Å². The molecule has 2 N–H and O–H groups in total. The van der Waals surface area contributed by atoms with Crippen molar-refractivity contribution in [2.75, 3.05) is 14.2 Å². The monoisotopic (exact) mass is 389 g/mol. The van der Waals surface area contributed by atoms with Crippen molar-refractivity contribution in [2.24, 2.45) is 5.41 Å². The Bertz CT molecular complexity index is 831. The fourth-order valence-corrected chi connectivity index (χ4v) is 3.44. The molecule has 150 valence electrons. The number of hydrogen-bond donors (Lipinski definition) is 2. The highest BCUT2D eigenvalue weighted by molar-refractivity contribution is 6.02. The van der Waals surface area contributed by atoms with E-state index in [1.807, 2.05) is 13.8 Å². The lowest BCUT2D eigenvalue weighted by atomic mass is 9.80. The molecule has 2 heterocycles. The number of rotatable bonds is 6. The van der Waals surface area contributed by atoms with Crippen LogP contribution in [0, 0.1) is 16.7 Å². The van der Waals surface area contributed by atoms with Crippen molar-refractivity contribution in [1.82, 2.24) is 10.6 Å². The maximum Gasteiger partial charge on any atom is 0.310 e. The van der Waals surface area contributed by atoms with E-state index >= 15 is 0 Å². The van der Waals surface area contributed by atoms with Crippen molar-refractivity contribution >= 4 is 23.8 Å². The van der Waals surface area contributed by atoms with E-state index in [4.69, 9.17) is 4.74 Å². The third-order valence-electron chi connectivity index (χ3n) is 4.92. The summed E-state index contributed by atoms with van der Waals surface area (Å²) in [7, 11) is 2.46. The van der Waals surface area contributed by atoms with Crippen LogP contribution in [0.15, 0.2) is 22.4 Å².